The molecule has 0 aromatic heterocycles. The molecule has 6 heteroatoms. The molecule has 0 saturated carbocycles. The molecular weight excluding hydrogens is 276 g/mol. The molecule has 1 N–H and O–H groups in total. The molecule has 0 amide bonds. The molecule has 0 spiro atoms. The predicted molar refractivity (Wildman–Crippen MR) is 65.7 cm³/mol. The van der Waals surface area contributed by atoms with Crippen molar-refractivity contribution in [2.75, 3.05) is 18.6 Å². The van der Waals surface area contributed by atoms with Crippen LogP contribution in [0.15, 0.2) is 22.7 Å². The van der Waals surface area contributed by atoms with Gasteiger partial charge in [0, 0.05) is 29.7 Å². The molecule has 1 aromatic carbocycles. The zero-order valence-corrected chi connectivity index (χ0v) is 10.6. The Balaban J connectivity index is 3.03. The van der Waals surface area contributed by atoms with Crippen molar-refractivity contribution in [1.82, 2.24) is 0 Å². The molecule has 0 bridgehead atoms. The van der Waals surface area contributed by atoms with E-state index in [9.17, 15) is 10.1 Å². The summed E-state index contributed by atoms with van der Waals surface area (Å²) in [7, 11) is 1.83. The zero-order chi connectivity index (χ0) is 12.3. The highest BCUT2D eigenvalue weighted by atomic mass is 79.9. The van der Waals surface area contributed by atoms with Gasteiger partial charge in [-0.1, -0.05) is 0 Å². The summed E-state index contributed by atoms with van der Waals surface area (Å²) in [5.41, 5.74) is 0.854. The highest BCUT2D eigenvalue weighted by Crippen LogP contribution is 2.30. The number of hydrogen-bond acceptors (Lipinski definition) is 4. The molecule has 1 rings (SSSR count). The first-order valence-electron chi connectivity index (χ1n) is 4.75. The summed E-state index contributed by atoms with van der Waals surface area (Å²) in [5.74, 6) is 0. The molecule has 1 atom stereocenters. The quantitative estimate of drug-likeness (QED) is 0.681. The van der Waals surface area contributed by atoms with Gasteiger partial charge in [0.2, 0.25) is 0 Å². The number of benzene rings is 1. The first-order valence-corrected chi connectivity index (χ1v) is 5.54. The van der Waals surface area contributed by atoms with Gasteiger partial charge in [0.25, 0.3) is 5.69 Å². The first-order chi connectivity index (χ1) is 7.47. The number of aliphatic hydroxyl groups is 1. The van der Waals surface area contributed by atoms with Crippen molar-refractivity contribution in [3.63, 3.8) is 0 Å². The minimum absolute atomic E-state index is 0.0277. The van der Waals surface area contributed by atoms with Crippen LogP contribution in [0.1, 0.15) is 6.92 Å². The number of aliphatic hydroxyl groups excluding tert-OH is 1. The summed E-state index contributed by atoms with van der Waals surface area (Å²) in [4.78, 5) is 12.0. The fourth-order valence-electron chi connectivity index (χ4n) is 1.26. The predicted octanol–water partition coefficient (Wildman–Crippen LogP) is 2.17. The number of nitro groups is 1. The van der Waals surface area contributed by atoms with Crippen LogP contribution < -0.4 is 4.90 Å². The minimum atomic E-state index is -0.440. The normalized spacial score (nSPS) is 12.2. The maximum absolute atomic E-state index is 10.6. The fourth-order valence-corrected chi connectivity index (χ4v) is 1.90. The van der Waals surface area contributed by atoms with Gasteiger partial charge in [0.05, 0.1) is 17.2 Å². The monoisotopic (exact) mass is 288 g/mol. The van der Waals surface area contributed by atoms with Crippen LogP contribution in [-0.2, 0) is 0 Å². The standard InChI is InChI=1S/C10H13BrN2O3/c1-7(6-14)12(2)10-4-3-8(13(15)16)5-9(10)11/h3-5,7,14H,6H2,1-2H3. The Hall–Kier alpha value is -1.14. The van der Waals surface area contributed by atoms with Crippen molar-refractivity contribution in [2.24, 2.45) is 0 Å². The van der Waals surface area contributed by atoms with Gasteiger partial charge >= 0.3 is 0 Å². The lowest BCUT2D eigenvalue weighted by Gasteiger charge is -2.26. The molecule has 0 aliphatic rings. The van der Waals surface area contributed by atoms with E-state index in [0.717, 1.165) is 5.69 Å². The molecule has 5 nitrogen and oxygen atoms in total. The summed E-state index contributed by atoms with van der Waals surface area (Å²) in [6.07, 6.45) is 0. The molecule has 88 valence electrons. The zero-order valence-electron chi connectivity index (χ0n) is 9.05. The van der Waals surface area contributed by atoms with Gasteiger partial charge in [0.15, 0.2) is 0 Å². The number of nitro benzene ring substituents is 1. The Bertz CT molecular complexity index is 398. The van der Waals surface area contributed by atoms with E-state index >= 15 is 0 Å². The molecule has 16 heavy (non-hydrogen) atoms. The van der Waals surface area contributed by atoms with Crippen molar-refractivity contribution in [2.45, 2.75) is 13.0 Å². The van der Waals surface area contributed by atoms with Crippen LogP contribution >= 0.6 is 15.9 Å². The molecular formula is C10H13BrN2O3. The van der Waals surface area contributed by atoms with E-state index in [1.807, 2.05) is 18.9 Å². The van der Waals surface area contributed by atoms with Gasteiger partial charge in [-0.3, -0.25) is 10.1 Å². The highest BCUT2D eigenvalue weighted by Gasteiger charge is 2.15. The number of nitrogens with zero attached hydrogens (tertiary/aromatic N) is 2. The third-order valence-corrected chi connectivity index (χ3v) is 3.08. The van der Waals surface area contributed by atoms with E-state index in [-0.39, 0.29) is 18.3 Å². The van der Waals surface area contributed by atoms with Gasteiger partial charge in [-0.25, -0.2) is 0 Å². The van der Waals surface area contributed by atoms with E-state index in [4.69, 9.17) is 5.11 Å². The lowest BCUT2D eigenvalue weighted by Crippen LogP contribution is -2.31. The Morgan fingerprint density at radius 2 is 2.25 bits per heavy atom. The van der Waals surface area contributed by atoms with Crippen LogP contribution in [0.4, 0.5) is 11.4 Å². The Labute approximate surface area is 102 Å². The van der Waals surface area contributed by atoms with Crippen LogP contribution in [0, 0.1) is 10.1 Å². The molecule has 0 fully saturated rings. The maximum atomic E-state index is 10.6. The van der Waals surface area contributed by atoms with Crippen molar-refractivity contribution in [1.29, 1.82) is 0 Å². The maximum Gasteiger partial charge on any atom is 0.270 e. The van der Waals surface area contributed by atoms with Gasteiger partial charge in [-0.15, -0.1) is 0 Å². The van der Waals surface area contributed by atoms with Crippen LogP contribution in [-0.4, -0.2) is 29.7 Å². The number of non-ortho nitro benzene ring substituents is 1. The number of hydrogen-bond donors (Lipinski definition) is 1. The second-order valence-corrected chi connectivity index (χ2v) is 4.39. The molecule has 0 heterocycles. The number of rotatable bonds is 4. The second-order valence-electron chi connectivity index (χ2n) is 3.54. The average molecular weight is 289 g/mol. The molecule has 1 aromatic rings. The minimum Gasteiger partial charge on any atom is -0.394 e. The van der Waals surface area contributed by atoms with Gasteiger partial charge in [-0.05, 0) is 28.9 Å². The van der Waals surface area contributed by atoms with E-state index < -0.39 is 4.92 Å². The Kier molecular flexibility index (Phi) is 4.26. The average Bonchev–Trinajstić information content (AvgIpc) is 2.26. The molecule has 0 saturated heterocycles. The summed E-state index contributed by atoms with van der Waals surface area (Å²) >= 11 is 3.29. The lowest BCUT2D eigenvalue weighted by molar-refractivity contribution is -0.384. The van der Waals surface area contributed by atoms with Crippen molar-refractivity contribution < 1.29 is 10.0 Å². The van der Waals surface area contributed by atoms with Crippen LogP contribution in [0.2, 0.25) is 0 Å². The first kappa shape index (κ1) is 12.9. The molecule has 0 aliphatic carbocycles. The Morgan fingerprint density at radius 3 is 2.69 bits per heavy atom. The van der Waals surface area contributed by atoms with Crippen molar-refractivity contribution in [3.05, 3.63) is 32.8 Å². The number of halogens is 1. The van der Waals surface area contributed by atoms with Crippen molar-refractivity contribution >= 4 is 27.3 Å². The van der Waals surface area contributed by atoms with E-state index in [2.05, 4.69) is 15.9 Å². The Morgan fingerprint density at radius 1 is 1.62 bits per heavy atom. The van der Waals surface area contributed by atoms with Crippen LogP contribution in [0.5, 0.6) is 0 Å². The van der Waals surface area contributed by atoms with Gasteiger partial charge < -0.3 is 10.0 Å². The topological polar surface area (TPSA) is 66.6 Å². The highest BCUT2D eigenvalue weighted by molar-refractivity contribution is 9.10. The van der Waals surface area contributed by atoms with Gasteiger partial charge in [0.1, 0.15) is 0 Å². The number of anilines is 1. The van der Waals surface area contributed by atoms with Crippen LogP contribution in [0.25, 0.3) is 0 Å². The van der Waals surface area contributed by atoms with E-state index in [1.54, 1.807) is 6.07 Å². The summed E-state index contributed by atoms with van der Waals surface area (Å²) < 4.78 is 0.643. The molecule has 1 unspecified atom stereocenters. The van der Waals surface area contributed by atoms with Crippen molar-refractivity contribution in [3.8, 4) is 0 Å². The summed E-state index contributed by atoms with van der Waals surface area (Å²) in [6, 6.07) is 4.52. The van der Waals surface area contributed by atoms with E-state index in [1.165, 1.54) is 12.1 Å². The van der Waals surface area contributed by atoms with Crippen LogP contribution in [0.3, 0.4) is 0 Å². The largest absolute Gasteiger partial charge is 0.394 e. The molecule has 0 radical (unpaired) electrons. The third kappa shape index (κ3) is 2.70. The third-order valence-electron chi connectivity index (χ3n) is 2.45. The van der Waals surface area contributed by atoms with E-state index in [0.29, 0.717) is 4.47 Å². The number of likely N-dealkylation sites (N-methyl/N-ethyl adjacent to an activating group) is 1. The fraction of sp³-hybridized carbons (Fsp3) is 0.400. The summed E-state index contributed by atoms with van der Waals surface area (Å²) in [5, 5.41) is 19.6. The van der Waals surface area contributed by atoms with Gasteiger partial charge in [-0.2, -0.15) is 0 Å². The molecule has 0 aliphatic heterocycles. The second kappa shape index (κ2) is 5.27. The lowest BCUT2D eigenvalue weighted by atomic mass is 10.2. The SMILES string of the molecule is CC(CO)N(C)c1ccc([N+](=O)[O-])cc1Br. The summed E-state index contributed by atoms with van der Waals surface area (Å²) in [6.45, 7) is 1.90. The smallest absolute Gasteiger partial charge is 0.270 e.